The van der Waals surface area contributed by atoms with Crippen molar-refractivity contribution < 1.29 is 9.84 Å². The molecule has 0 spiro atoms. The van der Waals surface area contributed by atoms with Gasteiger partial charge in [0, 0.05) is 25.0 Å². The second-order valence-corrected chi connectivity index (χ2v) is 7.13. The lowest BCUT2D eigenvalue weighted by Crippen LogP contribution is -2.12. The van der Waals surface area contributed by atoms with E-state index in [-0.39, 0.29) is 5.75 Å². The Kier molecular flexibility index (Phi) is 4.42. The van der Waals surface area contributed by atoms with E-state index in [1.54, 1.807) is 29.5 Å². The Labute approximate surface area is 156 Å². The van der Waals surface area contributed by atoms with Crippen molar-refractivity contribution in [2.75, 3.05) is 6.61 Å². The summed E-state index contributed by atoms with van der Waals surface area (Å²) in [5.41, 5.74) is 3.53. The molecule has 0 atom stereocenters. The first-order valence-corrected chi connectivity index (χ1v) is 9.55. The van der Waals surface area contributed by atoms with Crippen LogP contribution in [0.5, 0.6) is 11.5 Å². The number of hydrogen-bond acceptors (Lipinski definition) is 4. The lowest BCUT2D eigenvalue weighted by atomic mass is 10.3. The molecule has 0 bridgehead atoms. The largest absolute Gasteiger partial charge is 0.508 e. The van der Waals surface area contributed by atoms with Crippen LogP contribution in [0.3, 0.4) is 0 Å². The van der Waals surface area contributed by atoms with Gasteiger partial charge in [-0.1, -0.05) is 13.0 Å². The van der Waals surface area contributed by atoms with Gasteiger partial charge in [-0.3, -0.25) is 0 Å². The molecule has 26 heavy (non-hydrogen) atoms. The fourth-order valence-electron chi connectivity index (χ4n) is 3.24. The number of ether oxygens (including phenoxy) is 1. The van der Waals surface area contributed by atoms with Crippen molar-refractivity contribution in [1.82, 2.24) is 14.1 Å². The van der Waals surface area contributed by atoms with Gasteiger partial charge < -0.3 is 19.0 Å². The normalized spacial score (nSPS) is 11.3. The van der Waals surface area contributed by atoms with Gasteiger partial charge >= 0.3 is 0 Å². The molecule has 0 saturated heterocycles. The average molecular weight is 367 g/mol. The van der Waals surface area contributed by atoms with Crippen molar-refractivity contribution in [3.8, 4) is 23.0 Å². The molecule has 3 heterocycles. The number of imidazole rings is 1. The predicted molar refractivity (Wildman–Crippen MR) is 105 cm³/mol. The molecule has 0 fully saturated rings. The number of aromatic nitrogens is 3. The number of fused-ring (bicyclic) bond motifs is 1. The first kappa shape index (κ1) is 16.7. The summed E-state index contributed by atoms with van der Waals surface area (Å²) in [5, 5.41) is 11.7. The number of hydrogen-bond donors (Lipinski definition) is 1. The smallest absolute Gasteiger partial charge is 0.157 e. The van der Waals surface area contributed by atoms with Crippen molar-refractivity contribution in [2.45, 2.75) is 19.9 Å². The molecule has 6 heteroatoms. The van der Waals surface area contributed by atoms with Crippen LogP contribution in [0.1, 0.15) is 12.6 Å². The number of nitrogens with zero attached hydrogens (tertiary/aromatic N) is 3. The van der Waals surface area contributed by atoms with Crippen molar-refractivity contribution in [3.63, 3.8) is 0 Å². The molecule has 0 saturated carbocycles. The van der Waals surface area contributed by atoms with Gasteiger partial charge in [0.25, 0.3) is 0 Å². The number of benzene rings is 1. The van der Waals surface area contributed by atoms with Crippen LogP contribution in [0.4, 0.5) is 0 Å². The van der Waals surface area contributed by atoms with E-state index >= 15 is 0 Å². The molecular formula is C20H21N3O2S. The van der Waals surface area contributed by atoms with Crippen LogP contribution in [0, 0.1) is 0 Å². The molecule has 0 radical (unpaired) electrons. The van der Waals surface area contributed by atoms with E-state index in [0.717, 1.165) is 17.9 Å². The minimum Gasteiger partial charge on any atom is -0.508 e. The number of aryl methyl sites for hydroxylation is 2. The molecule has 1 aromatic carbocycles. The molecule has 0 aliphatic heterocycles. The Morgan fingerprint density at radius 1 is 1.23 bits per heavy atom. The fourth-order valence-corrected chi connectivity index (χ4v) is 4.09. The Morgan fingerprint density at radius 3 is 2.88 bits per heavy atom. The van der Waals surface area contributed by atoms with E-state index in [9.17, 15) is 5.11 Å². The van der Waals surface area contributed by atoms with Crippen LogP contribution in [-0.4, -0.2) is 25.8 Å². The molecule has 5 nitrogen and oxygen atoms in total. The molecule has 0 amide bonds. The highest BCUT2D eigenvalue weighted by Gasteiger charge is 2.16. The van der Waals surface area contributed by atoms with Gasteiger partial charge in [0.2, 0.25) is 0 Å². The van der Waals surface area contributed by atoms with E-state index in [1.165, 1.54) is 15.9 Å². The van der Waals surface area contributed by atoms with Crippen LogP contribution < -0.4 is 4.74 Å². The van der Waals surface area contributed by atoms with E-state index in [0.29, 0.717) is 18.9 Å². The monoisotopic (exact) mass is 367 g/mol. The van der Waals surface area contributed by atoms with E-state index < -0.39 is 0 Å². The zero-order chi connectivity index (χ0) is 18.1. The highest BCUT2D eigenvalue weighted by molar-refractivity contribution is 7.17. The summed E-state index contributed by atoms with van der Waals surface area (Å²) in [5.74, 6) is 1.85. The Hall–Kier alpha value is -2.73. The Morgan fingerprint density at radius 2 is 2.12 bits per heavy atom. The number of rotatable bonds is 6. The third-order valence-corrected chi connectivity index (χ3v) is 5.45. The van der Waals surface area contributed by atoms with Crippen molar-refractivity contribution in [1.29, 1.82) is 0 Å². The van der Waals surface area contributed by atoms with Gasteiger partial charge in [-0.05, 0) is 36.1 Å². The number of aromatic hydroxyl groups is 1. The Balaban J connectivity index is 1.60. The zero-order valence-electron chi connectivity index (χ0n) is 14.8. The lowest BCUT2D eigenvalue weighted by Gasteiger charge is -2.13. The molecule has 3 aromatic heterocycles. The highest BCUT2D eigenvalue weighted by atomic mass is 32.1. The Bertz CT molecular complexity index is 1040. The summed E-state index contributed by atoms with van der Waals surface area (Å²) < 4.78 is 11.5. The molecule has 134 valence electrons. The van der Waals surface area contributed by atoms with E-state index in [2.05, 4.69) is 45.6 Å². The lowest BCUT2D eigenvalue weighted by molar-refractivity contribution is 0.296. The van der Waals surface area contributed by atoms with Crippen molar-refractivity contribution in [2.24, 2.45) is 7.05 Å². The standard InChI is InChI=1S/C20H21N3O2S/c1-3-14-13-21-20(18-12-19-17(22(18)2)7-10-26-19)23(14)8-9-25-16-6-4-5-15(24)11-16/h4-7,10-13,24H,3,8-9H2,1-2H3. The summed E-state index contributed by atoms with van der Waals surface area (Å²) >= 11 is 1.75. The molecule has 0 aliphatic rings. The predicted octanol–water partition coefficient (Wildman–Crippen LogP) is 4.45. The SMILES string of the molecule is CCc1cnc(-c2cc3sccc3n2C)n1CCOc1cccc(O)c1. The maximum Gasteiger partial charge on any atom is 0.157 e. The highest BCUT2D eigenvalue weighted by Crippen LogP contribution is 2.30. The summed E-state index contributed by atoms with van der Waals surface area (Å²) in [4.78, 5) is 4.68. The topological polar surface area (TPSA) is 52.2 Å². The van der Waals surface area contributed by atoms with Crippen LogP contribution in [0.15, 0.2) is 48.0 Å². The molecule has 0 aliphatic carbocycles. The first-order chi connectivity index (χ1) is 12.7. The second-order valence-electron chi connectivity index (χ2n) is 6.18. The van der Waals surface area contributed by atoms with Crippen LogP contribution >= 0.6 is 11.3 Å². The second kappa shape index (κ2) is 6.88. The van der Waals surface area contributed by atoms with Gasteiger partial charge in [0.15, 0.2) is 5.82 Å². The first-order valence-electron chi connectivity index (χ1n) is 8.67. The van der Waals surface area contributed by atoms with Crippen LogP contribution in [-0.2, 0) is 20.0 Å². The number of phenolic OH excluding ortho intramolecular Hbond substituents is 1. The van der Waals surface area contributed by atoms with E-state index in [4.69, 9.17) is 4.74 Å². The maximum absolute atomic E-state index is 9.55. The minimum absolute atomic E-state index is 0.212. The molecule has 4 aromatic rings. The third kappa shape index (κ3) is 2.97. The van der Waals surface area contributed by atoms with Gasteiger partial charge in [-0.2, -0.15) is 0 Å². The summed E-state index contributed by atoms with van der Waals surface area (Å²) in [6.45, 7) is 3.35. The molecular weight excluding hydrogens is 346 g/mol. The van der Waals surface area contributed by atoms with Crippen LogP contribution in [0.25, 0.3) is 21.7 Å². The quantitative estimate of drug-likeness (QED) is 0.548. The van der Waals surface area contributed by atoms with Crippen molar-refractivity contribution in [3.05, 3.63) is 53.7 Å². The van der Waals surface area contributed by atoms with Gasteiger partial charge in [-0.15, -0.1) is 11.3 Å². The molecule has 1 N–H and O–H groups in total. The summed E-state index contributed by atoms with van der Waals surface area (Å²) in [6, 6.07) is 11.2. The van der Waals surface area contributed by atoms with Gasteiger partial charge in [0.05, 0.1) is 22.5 Å². The molecule has 0 unspecified atom stereocenters. The van der Waals surface area contributed by atoms with Gasteiger partial charge in [0.1, 0.15) is 18.1 Å². The van der Waals surface area contributed by atoms with Crippen molar-refractivity contribution >= 4 is 21.6 Å². The van der Waals surface area contributed by atoms with Crippen LogP contribution in [0.2, 0.25) is 0 Å². The minimum atomic E-state index is 0.212. The maximum atomic E-state index is 9.55. The fraction of sp³-hybridized carbons (Fsp3) is 0.250. The zero-order valence-corrected chi connectivity index (χ0v) is 15.7. The average Bonchev–Trinajstić information content (AvgIpc) is 3.31. The summed E-state index contributed by atoms with van der Waals surface area (Å²) in [6.07, 6.45) is 2.86. The number of thiophene rings is 1. The third-order valence-electron chi connectivity index (χ3n) is 4.59. The summed E-state index contributed by atoms with van der Waals surface area (Å²) in [7, 11) is 2.08. The van der Waals surface area contributed by atoms with E-state index in [1.807, 2.05) is 12.3 Å². The van der Waals surface area contributed by atoms with Gasteiger partial charge in [-0.25, -0.2) is 4.98 Å². The molecule has 4 rings (SSSR count). The number of phenols is 1.